The second-order valence-electron chi connectivity index (χ2n) is 5.74. The molecular formula is C22H29O5-. The fourth-order valence-corrected chi connectivity index (χ4v) is 1.85. The van der Waals surface area contributed by atoms with Crippen LogP contribution >= 0.6 is 0 Å². The first kappa shape index (κ1) is 24.5. The van der Waals surface area contributed by atoms with E-state index >= 15 is 0 Å². The largest absolute Gasteiger partial charge is 0.550 e. The summed E-state index contributed by atoms with van der Waals surface area (Å²) < 4.78 is 0. The van der Waals surface area contributed by atoms with Crippen LogP contribution in [0.25, 0.3) is 0 Å². The molecule has 0 saturated heterocycles. The molecule has 0 aliphatic rings. The second-order valence-corrected chi connectivity index (χ2v) is 5.74. The molecular weight excluding hydrogens is 344 g/mol. The summed E-state index contributed by atoms with van der Waals surface area (Å²) in [6.07, 6.45) is 20.3. The van der Waals surface area contributed by atoms with Crippen molar-refractivity contribution in [2.24, 2.45) is 0 Å². The van der Waals surface area contributed by atoms with Gasteiger partial charge in [-0.3, -0.25) is 4.79 Å². The van der Waals surface area contributed by atoms with Gasteiger partial charge in [0.2, 0.25) is 0 Å². The molecule has 0 aromatic carbocycles. The smallest absolute Gasteiger partial charge is 0.159 e. The van der Waals surface area contributed by atoms with E-state index < -0.39 is 18.2 Å². The van der Waals surface area contributed by atoms with Crippen molar-refractivity contribution in [3.8, 4) is 0 Å². The molecule has 0 saturated carbocycles. The van der Waals surface area contributed by atoms with Crippen molar-refractivity contribution in [3.63, 3.8) is 0 Å². The zero-order chi connectivity index (χ0) is 20.3. The number of ketones is 1. The fraction of sp³-hybridized carbons (Fsp3) is 0.364. The van der Waals surface area contributed by atoms with Crippen LogP contribution in [0.3, 0.4) is 0 Å². The molecule has 27 heavy (non-hydrogen) atoms. The van der Waals surface area contributed by atoms with Crippen LogP contribution in [0.2, 0.25) is 0 Å². The van der Waals surface area contributed by atoms with E-state index in [4.69, 9.17) is 0 Å². The van der Waals surface area contributed by atoms with Crippen molar-refractivity contribution in [3.05, 3.63) is 72.9 Å². The zero-order valence-electron chi connectivity index (χ0n) is 15.7. The molecule has 0 unspecified atom stereocenters. The third-order valence-corrected chi connectivity index (χ3v) is 3.32. The Morgan fingerprint density at radius 2 is 1.59 bits per heavy atom. The van der Waals surface area contributed by atoms with Crippen LogP contribution in [0, 0.1) is 0 Å². The summed E-state index contributed by atoms with van der Waals surface area (Å²) in [5.74, 6) is -1.18. The highest BCUT2D eigenvalue weighted by molar-refractivity contribution is 5.90. The van der Waals surface area contributed by atoms with E-state index in [0.29, 0.717) is 12.8 Å². The lowest BCUT2D eigenvalue weighted by Gasteiger charge is -2.11. The monoisotopic (exact) mass is 373 g/mol. The van der Waals surface area contributed by atoms with Crippen molar-refractivity contribution in [2.75, 3.05) is 0 Å². The van der Waals surface area contributed by atoms with Crippen LogP contribution in [-0.4, -0.2) is 34.2 Å². The van der Waals surface area contributed by atoms with E-state index in [1.807, 2.05) is 19.1 Å². The van der Waals surface area contributed by atoms with Gasteiger partial charge in [-0.05, 0) is 31.8 Å². The molecule has 0 aromatic rings. The number of carboxylic acid groups (broad SMARTS) is 1. The van der Waals surface area contributed by atoms with Crippen molar-refractivity contribution >= 4 is 11.8 Å². The van der Waals surface area contributed by atoms with Crippen LogP contribution in [0.4, 0.5) is 0 Å². The van der Waals surface area contributed by atoms with Crippen LogP contribution in [0.5, 0.6) is 0 Å². The van der Waals surface area contributed by atoms with Crippen molar-refractivity contribution in [2.45, 2.75) is 51.2 Å². The van der Waals surface area contributed by atoms with Crippen molar-refractivity contribution in [1.29, 1.82) is 0 Å². The van der Waals surface area contributed by atoms with Gasteiger partial charge in [-0.15, -0.1) is 0 Å². The van der Waals surface area contributed by atoms with Gasteiger partial charge in [0.05, 0.1) is 12.2 Å². The maximum Gasteiger partial charge on any atom is 0.159 e. The number of hydrogen-bond acceptors (Lipinski definition) is 5. The third-order valence-electron chi connectivity index (χ3n) is 3.32. The number of allylic oxidation sites excluding steroid dienone is 10. The van der Waals surface area contributed by atoms with E-state index in [1.165, 1.54) is 12.2 Å². The van der Waals surface area contributed by atoms with Crippen molar-refractivity contribution < 1.29 is 24.9 Å². The van der Waals surface area contributed by atoms with Gasteiger partial charge < -0.3 is 20.1 Å². The topological polar surface area (TPSA) is 97.7 Å². The second kappa shape index (κ2) is 16.9. The Bertz CT molecular complexity index is 594. The van der Waals surface area contributed by atoms with E-state index in [-0.39, 0.29) is 18.6 Å². The molecule has 0 aliphatic heterocycles. The summed E-state index contributed by atoms with van der Waals surface area (Å²) in [4.78, 5) is 21.7. The predicted molar refractivity (Wildman–Crippen MR) is 106 cm³/mol. The third kappa shape index (κ3) is 16.7. The Morgan fingerprint density at radius 1 is 0.926 bits per heavy atom. The Morgan fingerprint density at radius 3 is 2.26 bits per heavy atom. The highest BCUT2D eigenvalue weighted by Crippen LogP contribution is 2.02. The van der Waals surface area contributed by atoms with E-state index in [2.05, 4.69) is 0 Å². The van der Waals surface area contributed by atoms with Crippen LogP contribution < -0.4 is 5.11 Å². The molecule has 0 aliphatic carbocycles. The van der Waals surface area contributed by atoms with Gasteiger partial charge in [-0.25, -0.2) is 0 Å². The molecule has 0 amide bonds. The number of aliphatic hydroxyl groups is 2. The summed E-state index contributed by atoms with van der Waals surface area (Å²) >= 11 is 0. The summed E-state index contributed by atoms with van der Waals surface area (Å²) in [6, 6.07) is 0. The van der Waals surface area contributed by atoms with E-state index in [1.54, 1.807) is 48.6 Å². The number of carboxylic acids is 1. The molecule has 5 heteroatoms. The fourth-order valence-electron chi connectivity index (χ4n) is 1.85. The molecule has 0 aromatic heterocycles. The zero-order valence-corrected chi connectivity index (χ0v) is 15.7. The average Bonchev–Trinajstić information content (AvgIpc) is 2.63. The van der Waals surface area contributed by atoms with Gasteiger partial charge in [0.25, 0.3) is 0 Å². The van der Waals surface area contributed by atoms with Gasteiger partial charge in [0.15, 0.2) is 5.78 Å². The molecule has 5 nitrogen and oxygen atoms in total. The number of carbonyl (C=O) groups excluding carboxylic acids is 2. The van der Waals surface area contributed by atoms with Gasteiger partial charge in [0.1, 0.15) is 0 Å². The number of aliphatic hydroxyl groups excluding tert-OH is 2. The Balaban J connectivity index is 4.05. The van der Waals surface area contributed by atoms with Gasteiger partial charge in [-0.2, -0.15) is 0 Å². The first-order chi connectivity index (χ1) is 13.0. The average molecular weight is 373 g/mol. The predicted octanol–water partition coefficient (Wildman–Crippen LogP) is 2.33. The van der Waals surface area contributed by atoms with Crippen LogP contribution in [0.1, 0.15) is 39.0 Å². The number of carbonyl (C=O) groups is 2. The summed E-state index contributed by atoms with van der Waals surface area (Å²) in [6.45, 7) is 2.00. The Hall–Kier alpha value is -2.50. The Labute approximate surface area is 161 Å². The molecule has 0 fully saturated rings. The molecule has 2 N–H and O–H groups in total. The molecule has 0 heterocycles. The molecule has 148 valence electrons. The maximum absolute atomic E-state index is 11.5. The highest BCUT2D eigenvalue weighted by atomic mass is 16.4. The molecule has 0 radical (unpaired) electrons. The van der Waals surface area contributed by atoms with Crippen molar-refractivity contribution in [1.82, 2.24) is 0 Å². The van der Waals surface area contributed by atoms with Crippen LogP contribution in [-0.2, 0) is 9.59 Å². The SMILES string of the molecule is CC/C=C\C[C@H](O)[C@H](O)/C=C/C=C/C=C\C=C\C(=O)C/C=C\CCC(=O)[O-]. The number of rotatable bonds is 14. The minimum absolute atomic E-state index is 0.0457. The van der Waals surface area contributed by atoms with Gasteiger partial charge >= 0.3 is 0 Å². The lowest BCUT2D eigenvalue weighted by atomic mass is 10.1. The lowest BCUT2D eigenvalue weighted by Crippen LogP contribution is -2.22. The summed E-state index contributed by atoms with van der Waals surface area (Å²) in [5, 5.41) is 29.7. The molecule has 0 rings (SSSR count). The minimum Gasteiger partial charge on any atom is -0.550 e. The first-order valence-electron chi connectivity index (χ1n) is 9.04. The molecule has 0 spiro atoms. The summed E-state index contributed by atoms with van der Waals surface area (Å²) in [5.41, 5.74) is 0. The molecule has 2 atom stereocenters. The molecule has 0 bridgehead atoms. The minimum atomic E-state index is -1.10. The highest BCUT2D eigenvalue weighted by Gasteiger charge is 2.10. The quantitative estimate of drug-likeness (QED) is 0.277. The number of aliphatic carboxylic acids is 1. The Kier molecular flexibility index (Phi) is 15.4. The van der Waals surface area contributed by atoms with Crippen LogP contribution in [0.15, 0.2) is 72.9 Å². The summed E-state index contributed by atoms with van der Waals surface area (Å²) in [7, 11) is 0. The van der Waals surface area contributed by atoms with Gasteiger partial charge in [-0.1, -0.05) is 73.8 Å². The van der Waals surface area contributed by atoms with Gasteiger partial charge in [0, 0.05) is 12.4 Å². The standard InChI is InChI=1S/C22H30O5/c1-2-3-9-16-20(24)21(25)17-12-7-5-4-6-10-14-19(23)15-11-8-13-18-22(26)27/h3-12,14,17,20-21,24-25H,2,13,15-16,18H2,1H3,(H,26,27)/p-1/b6-4-,7-5+,9-3-,11-8-,14-10+,17-12+/t20-,21+/m0/s1. The maximum atomic E-state index is 11.5. The van der Waals surface area contributed by atoms with E-state index in [0.717, 1.165) is 6.42 Å². The number of hydrogen-bond donors (Lipinski definition) is 2. The first-order valence-corrected chi connectivity index (χ1v) is 9.04. The normalized spacial score (nSPS) is 15.2. The lowest BCUT2D eigenvalue weighted by molar-refractivity contribution is -0.305. The van der Waals surface area contributed by atoms with E-state index in [9.17, 15) is 24.9 Å².